The van der Waals surface area contributed by atoms with Crippen LogP contribution in [0.3, 0.4) is 0 Å². The number of piperidine rings is 2. The van der Waals surface area contributed by atoms with Crippen LogP contribution in [0.25, 0.3) is 0 Å². The minimum absolute atomic E-state index is 0.172. The van der Waals surface area contributed by atoms with Crippen molar-refractivity contribution in [2.75, 3.05) is 26.2 Å². The number of carbonyl (C=O) groups is 1. The zero-order valence-electron chi connectivity index (χ0n) is 16.4. The van der Waals surface area contributed by atoms with Crippen molar-refractivity contribution in [2.24, 2.45) is 5.41 Å². The standard InChI is InChI=1S/C22H30F2N2O2/c23-18-8-7-16(13-19(18)24)21(28)26-11-4-10-22(15-26)14-25(12-9-20(22)27)17-5-2-1-3-6-17/h7-8,13,17,20,27H,1-6,9-12,14-15H2/t20-,22-/m1/s1. The molecule has 1 amide bonds. The van der Waals surface area contributed by atoms with Gasteiger partial charge in [0.15, 0.2) is 11.6 Å². The van der Waals surface area contributed by atoms with Crippen LogP contribution in [0, 0.1) is 17.0 Å². The Morgan fingerprint density at radius 1 is 1.00 bits per heavy atom. The fourth-order valence-electron chi connectivity index (χ4n) is 5.49. The molecule has 2 heterocycles. The van der Waals surface area contributed by atoms with Crippen LogP contribution < -0.4 is 0 Å². The molecule has 3 fully saturated rings. The predicted octanol–water partition coefficient (Wildman–Crippen LogP) is 3.59. The van der Waals surface area contributed by atoms with Crippen molar-refractivity contribution in [1.29, 1.82) is 0 Å². The van der Waals surface area contributed by atoms with Crippen LogP contribution in [-0.2, 0) is 0 Å². The number of likely N-dealkylation sites (tertiary alicyclic amines) is 2. The number of hydrogen-bond acceptors (Lipinski definition) is 3. The molecule has 0 aromatic heterocycles. The van der Waals surface area contributed by atoms with E-state index in [9.17, 15) is 18.7 Å². The van der Waals surface area contributed by atoms with E-state index in [2.05, 4.69) is 4.90 Å². The minimum atomic E-state index is -1.00. The normalized spacial score (nSPS) is 30.0. The van der Waals surface area contributed by atoms with Crippen molar-refractivity contribution in [1.82, 2.24) is 9.80 Å². The summed E-state index contributed by atoms with van der Waals surface area (Å²) in [6, 6.07) is 3.91. The Labute approximate surface area is 165 Å². The van der Waals surface area contributed by atoms with Gasteiger partial charge in [-0.25, -0.2) is 8.78 Å². The maximum Gasteiger partial charge on any atom is 0.253 e. The van der Waals surface area contributed by atoms with Crippen molar-refractivity contribution < 1.29 is 18.7 Å². The summed E-state index contributed by atoms with van der Waals surface area (Å²) >= 11 is 0. The molecule has 0 bridgehead atoms. The van der Waals surface area contributed by atoms with Gasteiger partial charge in [0.25, 0.3) is 5.91 Å². The number of amides is 1. The molecule has 154 valence electrons. The summed E-state index contributed by atoms with van der Waals surface area (Å²) in [6.45, 7) is 2.82. The maximum atomic E-state index is 13.6. The molecule has 2 saturated heterocycles. The molecule has 0 unspecified atom stereocenters. The fraction of sp³-hybridized carbons (Fsp3) is 0.682. The molecule has 28 heavy (non-hydrogen) atoms. The van der Waals surface area contributed by atoms with E-state index < -0.39 is 17.7 Å². The van der Waals surface area contributed by atoms with Gasteiger partial charge in [0, 0.05) is 43.2 Å². The monoisotopic (exact) mass is 392 g/mol. The lowest BCUT2D eigenvalue weighted by molar-refractivity contribution is -0.0906. The molecule has 4 rings (SSSR count). The van der Waals surface area contributed by atoms with Crippen LogP contribution in [0.2, 0.25) is 0 Å². The van der Waals surface area contributed by atoms with E-state index in [4.69, 9.17) is 0 Å². The molecule has 1 spiro atoms. The first-order valence-electron chi connectivity index (χ1n) is 10.6. The highest BCUT2D eigenvalue weighted by Gasteiger charge is 2.47. The smallest absolute Gasteiger partial charge is 0.253 e. The van der Waals surface area contributed by atoms with E-state index in [1.54, 1.807) is 4.90 Å². The second-order valence-electron chi connectivity index (χ2n) is 8.89. The lowest BCUT2D eigenvalue weighted by Crippen LogP contribution is -2.61. The second kappa shape index (κ2) is 8.07. The van der Waals surface area contributed by atoms with E-state index >= 15 is 0 Å². The van der Waals surface area contributed by atoms with Gasteiger partial charge in [-0.15, -0.1) is 0 Å². The Balaban J connectivity index is 1.50. The Bertz CT molecular complexity index is 722. The molecular formula is C22H30F2N2O2. The first-order valence-corrected chi connectivity index (χ1v) is 10.6. The van der Waals surface area contributed by atoms with E-state index in [0.717, 1.165) is 44.5 Å². The van der Waals surface area contributed by atoms with E-state index in [-0.39, 0.29) is 16.9 Å². The van der Waals surface area contributed by atoms with E-state index in [0.29, 0.717) is 19.1 Å². The molecule has 1 aromatic carbocycles. The molecule has 1 aromatic rings. The lowest BCUT2D eigenvalue weighted by atomic mass is 9.70. The first-order chi connectivity index (χ1) is 13.5. The average molecular weight is 392 g/mol. The number of rotatable bonds is 2. The summed E-state index contributed by atoms with van der Waals surface area (Å²) in [6.07, 6.45) is 8.36. The van der Waals surface area contributed by atoms with Crippen LogP contribution >= 0.6 is 0 Å². The molecule has 0 radical (unpaired) electrons. The number of carbonyl (C=O) groups excluding carboxylic acids is 1. The second-order valence-corrected chi connectivity index (χ2v) is 8.89. The van der Waals surface area contributed by atoms with Crippen LogP contribution in [0.15, 0.2) is 18.2 Å². The highest BCUT2D eigenvalue weighted by molar-refractivity contribution is 5.94. The summed E-state index contributed by atoms with van der Waals surface area (Å²) in [5.41, 5.74) is -0.146. The van der Waals surface area contributed by atoms with Gasteiger partial charge in [0.1, 0.15) is 0 Å². The molecule has 1 N–H and O–H groups in total. The Morgan fingerprint density at radius 3 is 2.54 bits per heavy atom. The van der Waals surface area contributed by atoms with Crippen LogP contribution in [0.4, 0.5) is 8.78 Å². The molecule has 1 saturated carbocycles. The molecule has 1 aliphatic carbocycles. The SMILES string of the molecule is O=C(c1ccc(F)c(F)c1)N1CCC[C@]2(C1)CN(C1CCCCC1)CC[C@H]2O. The number of hydrogen-bond donors (Lipinski definition) is 1. The maximum absolute atomic E-state index is 13.6. The minimum Gasteiger partial charge on any atom is -0.392 e. The largest absolute Gasteiger partial charge is 0.392 e. The highest BCUT2D eigenvalue weighted by atomic mass is 19.2. The number of halogens is 2. The topological polar surface area (TPSA) is 43.8 Å². The summed E-state index contributed by atoms with van der Waals surface area (Å²) in [5, 5.41) is 10.9. The van der Waals surface area contributed by atoms with Crippen LogP contribution in [0.1, 0.15) is 61.7 Å². The van der Waals surface area contributed by atoms with Gasteiger partial charge in [-0.05, 0) is 50.3 Å². The molecular weight excluding hydrogens is 362 g/mol. The van der Waals surface area contributed by atoms with Gasteiger partial charge in [-0.1, -0.05) is 19.3 Å². The Kier molecular flexibility index (Phi) is 5.70. The van der Waals surface area contributed by atoms with Gasteiger partial charge in [-0.3, -0.25) is 9.69 Å². The molecule has 4 nitrogen and oxygen atoms in total. The van der Waals surface area contributed by atoms with Gasteiger partial charge < -0.3 is 10.0 Å². The quantitative estimate of drug-likeness (QED) is 0.837. The molecule has 6 heteroatoms. The van der Waals surface area contributed by atoms with Crippen molar-refractivity contribution in [3.8, 4) is 0 Å². The Morgan fingerprint density at radius 2 is 1.79 bits per heavy atom. The fourth-order valence-corrected chi connectivity index (χ4v) is 5.49. The summed E-state index contributed by atoms with van der Waals surface area (Å²) in [4.78, 5) is 17.2. The van der Waals surface area contributed by atoms with Crippen molar-refractivity contribution in [3.05, 3.63) is 35.4 Å². The third kappa shape index (κ3) is 3.81. The lowest BCUT2D eigenvalue weighted by Gasteiger charge is -2.53. The van der Waals surface area contributed by atoms with Crippen molar-refractivity contribution in [3.63, 3.8) is 0 Å². The van der Waals surface area contributed by atoms with Crippen molar-refractivity contribution >= 4 is 5.91 Å². The number of nitrogens with zero attached hydrogens (tertiary/aromatic N) is 2. The summed E-state index contributed by atoms with van der Waals surface area (Å²) in [5.74, 6) is -2.23. The Hall–Kier alpha value is -1.53. The molecule has 3 aliphatic rings. The van der Waals surface area contributed by atoms with Gasteiger partial charge in [0.2, 0.25) is 0 Å². The summed E-state index contributed by atoms with van der Waals surface area (Å²) in [7, 11) is 0. The number of benzene rings is 1. The van der Waals surface area contributed by atoms with E-state index in [1.807, 2.05) is 0 Å². The third-order valence-electron chi connectivity index (χ3n) is 7.07. The van der Waals surface area contributed by atoms with Gasteiger partial charge in [0.05, 0.1) is 6.10 Å². The van der Waals surface area contributed by atoms with Crippen LogP contribution in [0.5, 0.6) is 0 Å². The van der Waals surface area contributed by atoms with Crippen LogP contribution in [-0.4, -0.2) is 59.1 Å². The number of aliphatic hydroxyl groups is 1. The third-order valence-corrected chi connectivity index (χ3v) is 7.07. The summed E-state index contributed by atoms with van der Waals surface area (Å²) < 4.78 is 26.8. The van der Waals surface area contributed by atoms with Gasteiger partial charge >= 0.3 is 0 Å². The van der Waals surface area contributed by atoms with Gasteiger partial charge in [-0.2, -0.15) is 0 Å². The zero-order chi connectivity index (χ0) is 19.7. The first kappa shape index (κ1) is 19.8. The average Bonchev–Trinajstić information content (AvgIpc) is 2.72. The predicted molar refractivity (Wildman–Crippen MR) is 103 cm³/mol. The van der Waals surface area contributed by atoms with Crippen molar-refractivity contribution in [2.45, 2.75) is 63.5 Å². The molecule has 2 aliphatic heterocycles. The zero-order valence-corrected chi connectivity index (χ0v) is 16.4. The highest BCUT2D eigenvalue weighted by Crippen LogP contribution is 2.41. The van der Waals surface area contributed by atoms with E-state index in [1.165, 1.54) is 38.2 Å². The number of aliphatic hydroxyl groups excluding tert-OH is 1. The molecule has 2 atom stereocenters.